The molecule has 2 saturated heterocycles. The molecule has 5 rings (SSSR count). The van der Waals surface area contributed by atoms with Crippen molar-refractivity contribution in [3.05, 3.63) is 47.7 Å². The summed E-state index contributed by atoms with van der Waals surface area (Å²) in [5, 5.41) is 12.8. The van der Waals surface area contributed by atoms with Crippen LogP contribution >= 0.6 is 0 Å². The van der Waals surface area contributed by atoms with Crippen LogP contribution < -0.4 is 11.1 Å². The average Bonchev–Trinajstić information content (AvgIpc) is 3.31. The minimum Gasteiger partial charge on any atom is -0.393 e. The predicted molar refractivity (Wildman–Crippen MR) is 149 cm³/mol. The molecule has 2 atom stereocenters. The molecular formula is C30H40F3N5O2. The van der Waals surface area contributed by atoms with Gasteiger partial charge in [0.15, 0.2) is 0 Å². The van der Waals surface area contributed by atoms with Gasteiger partial charge in [0.05, 0.1) is 18.2 Å². The van der Waals surface area contributed by atoms with E-state index in [9.17, 15) is 23.1 Å². The molecule has 0 unspecified atom stereocenters. The Morgan fingerprint density at radius 1 is 1.05 bits per heavy atom. The molecule has 0 spiro atoms. The Morgan fingerprint density at radius 2 is 1.73 bits per heavy atom. The first kappa shape index (κ1) is 28.8. The zero-order valence-electron chi connectivity index (χ0n) is 23.0. The minimum atomic E-state index is -4.14. The van der Waals surface area contributed by atoms with E-state index in [4.69, 9.17) is 5.73 Å². The summed E-state index contributed by atoms with van der Waals surface area (Å²) in [5.74, 6) is 0.766. The summed E-state index contributed by atoms with van der Waals surface area (Å²) >= 11 is 0. The number of halogens is 3. The van der Waals surface area contributed by atoms with Crippen LogP contribution in [0.5, 0.6) is 0 Å². The van der Waals surface area contributed by atoms with Gasteiger partial charge in [0.1, 0.15) is 5.82 Å². The highest BCUT2D eigenvalue weighted by Crippen LogP contribution is 2.36. The molecule has 3 fully saturated rings. The molecule has 4 N–H and O–H groups in total. The summed E-state index contributed by atoms with van der Waals surface area (Å²) in [6.07, 6.45) is 1.67. The number of carbonyl (C=O) groups excluding carboxylic acids is 1. The number of amides is 1. The predicted octanol–water partition coefficient (Wildman–Crippen LogP) is 4.43. The molecule has 1 aromatic heterocycles. The van der Waals surface area contributed by atoms with Crippen molar-refractivity contribution in [1.29, 1.82) is 0 Å². The fourth-order valence-electron chi connectivity index (χ4n) is 6.65. The molecule has 0 bridgehead atoms. The normalized spacial score (nSPS) is 27.1. The molecule has 3 aliphatic rings. The van der Waals surface area contributed by atoms with Crippen molar-refractivity contribution >= 4 is 11.7 Å². The lowest BCUT2D eigenvalue weighted by Gasteiger charge is -2.37. The van der Waals surface area contributed by atoms with Gasteiger partial charge < -0.3 is 16.2 Å². The third-order valence-corrected chi connectivity index (χ3v) is 8.98. The van der Waals surface area contributed by atoms with E-state index in [1.165, 1.54) is 10.5 Å². The van der Waals surface area contributed by atoms with Crippen LogP contribution in [0.1, 0.15) is 67.3 Å². The van der Waals surface area contributed by atoms with Crippen LogP contribution in [0.3, 0.4) is 0 Å². The van der Waals surface area contributed by atoms with E-state index in [2.05, 4.69) is 46.4 Å². The Hall–Kier alpha value is -2.69. The summed E-state index contributed by atoms with van der Waals surface area (Å²) in [5.41, 5.74) is 9.42. The second kappa shape index (κ2) is 12.0. The summed E-state index contributed by atoms with van der Waals surface area (Å²) in [7, 11) is 0. The van der Waals surface area contributed by atoms with Crippen molar-refractivity contribution in [3.8, 4) is 11.1 Å². The standard InChI is InChI=1S/C30H40F3N5O2/c1-19-16-38(24-10-12-37(13-11-24)18-30(31,32)33)17-27(19)21-4-2-20(3-5-21)22-14-26(28(34)35-15-22)29(40)36-23-6-8-25(39)9-7-23/h2-5,14-15,19,23-25,27,39H,6-13,16-18H2,1H3,(H2,34,35)(H,36,40)/t19-,23-,25-,27-/m1/s1. The van der Waals surface area contributed by atoms with Crippen molar-refractivity contribution in [2.75, 3.05) is 38.5 Å². The number of nitrogen functional groups attached to an aromatic ring is 1. The van der Waals surface area contributed by atoms with Crippen LogP contribution in [0.4, 0.5) is 19.0 Å². The van der Waals surface area contributed by atoms with Gasteiger partial charge in [-0.05, 0) is 74.7 Å². The second-order valence-electron chi connectivity index (χ2n) is 11.9. The monoisotopic (exact) mass is 559 g/mol. The number of anilines is 1. The molecule has 1 amide bonds. The summed E-state index contributed by atoms with van der Waals surface area (Å²) < 4.78 is 38.2. The van der Waals surface area contributed by atoms with Gasteiger partial charge in [0, 0.05) is 42.9 Å². The van der Waals surface area contributed by atoms with Gasteiger partial charge in [-0.1, -0.05) is 31.2 Å². The number of hydrogen-bond donors (Lipinski definition) is 3. The number of likely N-dealkylation sites (tertiary alicyclic amines) is 2. The lowest BCUT2D eigenvalue weighted by Crippen LogP contribution is -2.46. The van der Waals surface area contributed by atoms with Gasteiger partial charge in [-0.3, -0.25) is 14.6 Å². The summed E-state index contributed by atoms with van der Waals surface area (Å²) in [4.78, 5) is 21.2. The minimum absolute atomic E-state index is 0.0265. The van der Waals surface area contributed by atoms with Crippen molar-refractivity contribution < 1.29 is 23.1 Å². The van der Waals surface area contributed by atoms with Crippen LogP contribution in [0.2, 0.25) is 0 Å². The van der Waals surface area contributed by atoms with E-state index >= 15 is 0 Å². The number of carbonyl (C=O) groups is 1. The maximum atomic E-state index is 13.0. The molecule has 3 heterocycles. The largest absolute Gasteiger partial charge is 0.401 e. The quantitative estimate of drug-likeness (QED) is 0.485. The number of aliphatic hydroxyl groups excluding tert-OH is 1. The number of nitrogens with two attached hydrogens (primary N) is 1. The molecular weight excluding hydrogens is 519 g/mol. The Kier molecular flexibility index (Phi) is 8.68. The number of aromatic nitrogens is 1. The van der Waals surface area contributed by atoms with Crippen molar-refractivity contribution in [2.24, 2.45) is 5.92 Å². The zero-order valence-corrected chi connectivity index (χ0v) is 23.0. The van der Waals surface area contributed by atoms with Gasteiger partial charge in [-0.15, -0.1) is 0 Å². The number of nitrogens with one attached hydrogen (secondary N) is 1. The molecule has 1 aromatic carbocycles. The van der Waals surface area contributed by atoms with Crippen molar-refractivity contribution in [1.82, 2.24) is 20.1 Å². The lowest BCUT2D eigenvalue weighted by molar-refractivity contribution is -0.148. The Morgan fingerprint density at radius 3 is 2.38 bits per heavy atom. The third-order valence-electron chi connectivity index (χ3n) is 8.98. The number of pyridine rings is 1. The molecule has 40 heavy (non-hydrogen) atoms. The smallest absolute Gasteiger partial charge is 0.393 e. The van der Waals surface area contributed by atoms with Gasteiger partial charge in [0.2, 0.25) is 0 Å². The summed E-state index contributed by atoms with van der Waals surface area (Å²) in [6, 6.07) is 10.5. The fraction of sp³-hybridized carbons (Fsp3) is 0.600. The van der Waals surface area contributed by atoms with Crippen LogP contribution in [0.25, 0.3) is 11.1 Å². The zero-order chi connectivity index (χ0) is 28.4. The second-order valence-corrected chi connectivity index (χ2v) is 11.9. The first-order chi connectivity index (χ1) is 19.1. The van der Waals surface area contributed by atoms with Gasteiger partial charge in [-0.2, -0.15) is 13.2 Å². The SMILES string of the molecule is C[C@@H]1CN(C2CCN(CC(F)(F)F)CC2)C[C@H]1c1ccc(-c2cnc(N)c(C(=O)N[C@H]3CC[C@H](O)CC3)c2)cc1. The number of hydrogen-bond acceptors (Lipinski definition) is 6. The van der Waals surface area contributed by atoms with Crippen LogP contribution in [0, 0.1) is 5.92 Å². The van der Waals surface area contributed by atoms with Gasteiger partial charge in [-0.25, -0.2) is 4.98 Å². The molecule has 218 valence electrons. The van der Waals surface area contributed by atoms with Crippen molar-refractivity contribution in [3.63, 3.8) is 0 Å². The average molecular weight is 560 g/mol. The third kappa shape index (κ3) is 6.95. The van der Waals surface area contributed by atoms with Gasteiger partial charge >= 0.3 is 6.18 Å². The fourth-order valence-corrected chi connectivity index (χ4v) is 6.65. The Bertz CT molecular complexity index is 1160. The number of aliphatic hydroxyl groups is 1. The molecule has 2 aliphatic heterocycles. The number of rotatable bonds is 6. The first-order valence-electron chi connectivity index (χ1n) is 14.4. The maximum absolute atomic E-state index is 13.0. The number of piperidine rings is 1. The molecule has 1 saturated carbocycles. The maximum Gasteiger partial charge on any atom is 0.401 e. The number of alkyl halides is 3. The van der Waals surface area contributed by atoms with Gasteiger partial charge in [0.25, 0.3) is 5.91 Å². The van der Waals surface area contributed by atoms with E-state index in [-0.39, 0.29) is 23.9 Å². The van der Waals surface area contributed by atoms with Crippen LogP contribution in [0.15, 0.2) is 36.5 Å². The first-order valence-corrected chi connectivity index (χ1v) is 14.4. The molecule has 2 aromatic rings. The van der Waals surface area contributed by atoms with E-state index in [0.717, 1.165) is 49.9 Å². The molecule has 10 heteroatoms. The van der Waals surface area contributed by atoms with Crippen molar-refractivity contribution in [2.45, 2.75) is 75.7 Å². The molecule has 1 aliphatic carbocycles. The lowest BCUT2D eigenvalue weighted by atomic mass is 9.89. The highest BCUT2D eigenvalue weighted by Gasteiger charge is 2.38. The number of nitrogens with zero attached hydrogens (tertiary/aromatic N) is 3. The van der Waals surface area contributed by atoms with Crippen LogP contribution in [-0.2, 0) is 0 Å². The van der Waals surface area contributed by atoms with E-state index in [1.54, 1.807) is 12.3 Å². The van der Waals surface area contributed by atoms with E-state index < -0.39 is 12.7 Å². The van der Waals surface area contributed by atoms with E-state index in [0.29, 0.717) is 49.4 Å². The molecule has 7 nitrogen and oxygen atoms in total. The van der Waals surface area contributed by atoms with E-state index in [1.807, 2.05) is 0 Å². The topological polar surface area (TPSA) is 94.7 Å². The highest BCUT2D eigenvalue weighted by molar-refractivity contribution is 5.99. The summed E-state index contributed by atoms with van der Waals surface area (Å²) in [6.45, 7) is 4.29. The Balaban J connectivity index is 1.20. The van der Waals surface area contributed by atoms with Crippen LogP contribution in [-0.4, -0.2) is 82.9 Å². The number of benzene rings is 1. The highest BCUT2D eigenvalue weighted by atomic mass is 19.4. The Labute approximate surface area is 233 Å². The molecule has 0 radical (unpaired) electrons.